The first-order valence-corrected chi connectivity index (χ1v) is 9.25. The average Bonchev–Trinajstić information content (AvgIpc) is 2.65. The molecule has 0 aliphatic carbocycles. The van der Waals surface area contributed by atoms with E-state index in [1.54, 1.807) is 0 Å². The van der Waals surface area contributed by atoms with Gasteiger partial charge in [-0.15, -0.1) is 0 Å². The number of anilines is 1. The highest BCUT2D eigenvalue weighted by atomic mass is 35.5. The van der Waals surface area contributed by atoms with Gasteiger partial charge in [0.2, 0.25) is 0 Å². The van der Waals surface area contributed by atoms with E-state index in [0.29, 0.717) is 11.6 Å². The summed E-state index contributed by atoms with van der Waals surface area (Å²) in [5.41, 5.74) is 3.06. The largest absolute Gasteiger partial charge is 0.334 e. The summed E-state index contributed by atoms with van der Waals surface area (Å²) in [6, 6.07) is 15.3. The van der Waals surface area contributed by atoms with Gasteiger partial charge in [-0.1, -0.05) is 35.9 Å². The topological polar surface area (TPSA) is 47.6 Å². The minimum absolute atomic E-state index is 0.216. The highest BCUT2D eigenvalue weighted by Gasteiger charge is 2.13. The number of benzene rings is 2. The predicted molar refractivity (Wildman–Crippen MR) is 107 cm³/mol. The smallest absolute Gasteiger partial charge is 0.319 e. The fourth-order valence-corrected chi connectivity index (χ4v) is 3.04. The van der Waals surface area contributed by atoms with Crippen LogP contribution >= 0.6 is 11.6 Å². The molecule has 0 radical (unpaired) electrons. The number of carbonyl (C=O) groups excluding carboxylic acids is 1. The summed E-state index contributed by atoms with van der Waals surface area (Å²) >= 11 is 5.86. The fourth-order valence-electron chi connectivity index (χ4n) is 2.92. The monoisotopic (exact) mass is 372 g/mol. The number of likely N-dealkylation sites (N-methyl/N-ethyl adjacent to an activating group) is 1. The maximum Gasteiger partial charge on any atom is 0.319 e. The van der Waals surface area contributed by atoms with Crippen LogP contribution in [0.5, 0.6) is 0 Å². The van der Waals surface area contributed by atoms with Gasteiger partial charge in [0, 0.05) is 50.0 Å². The minimum Gasteiger partial charge on any atom is -0.334 e. The molecule has 1 saturated heterocycles. The molecule has 1 fully saturated rings. The van der Waals surface area contributed by atoms with Gasteiger partial charge >= 0.3 is 6.03 Å². The van der Waals surface area contributed by atoms with E-state index < -0.39 is 0 Å². The summed E-state index contributed by atoms with van der Waals surface area (Å²) in [7, 11) is 2.16. The molecule has 0 aromatic heterocycles. The lowest BCUT2D eigenvalue weighted by Crippen LogP contribution is -2.43. The van der Waals surface area contributed by atoms with Crippen LogP contribution in [0.15, 0.2) is 48.5 Å². The first-order chi connectivity index (χ1) is 12.6. The van der Waals surface area contributed by atoms with E-state index in [9.17, 15) is 4.79 Å². The molecule has 2 amide bonds. The second kappa shape index (κ2) is 9.03. The van der Waals surface area contributed by atoms with Crippen molar-refractivity contribution in [3.05, 3.63) is 64.7 Å². The highest BCUT2D eigenvalue weighted by molar-refractivity contribution is 6.30. The third-order valence-electron chi connectivity index (χ3n) is 4.58. The van der Waals surface area contributed by atoms with Crippen LogP contribution in [-0.2, 0) is 13.1 Å². The zero-order valence-corrected chi connectivity index (χ0v) is 15.8. The number of piperazine rings is 1. The standard InChI is InChI=1S/C20H25ClN4O/c1-24-10-12-25(13-11-24)15-17-4-8-19(9-5-17)23-20(26)22-14-16-2-6-18(21)7-3-16/h2-9H,10-15H2,1H3,(H2,22,23,26). The van der Waals surface area contributed by atoms with Gasteiger partial charge in [-0.05, 0) is 42.4 Å². The zero-order chi connectivity index (χ0) is 18.4. The van der Waals surface area contributed by atoms with Crippen molar-refractivity contribution in [2.24, 2.45) is 0 Å². The third kappa shape index (κ3) is 5.73. The lowest BCUT2D eigenvalue weighted by atomic mass is 10.2. The first-order valence-electron chi connectivity index (χ1n) is 8.87. The zero-order valence-electron chi connectivity index (χ0n) is 15.0. The summed E-state index contributed by atoms with van der Waals surface area (Å²) in [4.78, 5) is 16.8. The second-order valence-corrected chi connectivity index (χ2v) is 7.15. The summed E-state index contributed by atoms with van der Waals surface area (Å²) in [6.45, 7) is 5.86. The van der Waals surface area contributed by atoms with Crippen molar-refractivity contribution < 1.29 is 4.79 Å². The highest BCUT2D eigenvalue weighted by Crippen LogP contribution is 2.13. The number of hydrogen-bond donors (Lipinski definition) is 2. The van der Waals surface area contributed by atoms with E-state index in [0.717, 1.165) is 44.0 Å². The van der Waals surface area contributed by atoms with E-state index >= 15 is 0 Å². The predicted octanol–water partition coefficient (Wildman–Crippen LogP) is 3.41. The fraction of sp³-hybridized carbons (Fsp3) is 0.350. The molecule has 0 bridgehead atoms. The molecule has 5 nitrogen and oxygen atoms in total. The van der Waals surface area contributed by atoms with Crippen LogP contribution in [-0.4, -0.2) is 49.1 Å². The van der Waals surface area contributed by atoms with E-state index in [1.807, 2.05) is 36.4 Å². The van der Waals surface area contributed by atoms with Crippen LogP contribution in [0.2, 0.25) is 5.02 Å². The van der Waals surface area contributed by atoms with Crippen LogP contribution in [0.4, 0.5) is 10.5 Å². The number of urea groups is 1. The summed E-state index contributed by atoms with van der Waals surface area (Å²) in [5, 5.41) is 6.40. The summed E-state index contributed by atoms with van der Waals surface area (Å²) in [6.07, 6.45) is 0. The van der Waals surface area contributed by atoms with Gasteiger partial charge < -0.3 is 15.5 Å². The quantitative estimate of drug-likeness (QED) is 0.845. The van der Waals surface area contributed by atoms with Crippen molar-refractivity contribution in [2.75, 3.05) is 38.5 Å². The maximum atomic E-state index is 12.0. The third-order valence-corrected chi connectivity index (χ3v) is 4.83. The van der Waals surface area contributed by atoms with Crippen LogP contribution in [0.3, 0.4) is 0 Å². The SMILES string of the molecule is CN1CCN(Cc2ccc(NC(=O)NCc3ccc(Cl)cc3)cc2)CC1. The van der Waals surface area contributed by atoms with Gasteiger partial charge in [0.1, 0.15) is 0 Å². The van der Waals surface area contributed by atoms with Crippen molar-refractivity contribution in [3.8, 4) is 0 Å². The van der Waals surface area contributed by atoms with Crippen molar-refractivity contribution in [1.29, 1.82) is 0 Å². The first kappa shape index (κ1) is 18.7. The normalized spacial score (nSPS) is 15.6. The molecule has 0 spiro atoms. The number of halogens is 1. The molecule has 3 rings (SSSR count). The Morgan fingerprint density at radius 1 is 0.962 bits per heavy atom. The van der Waals surface area contributed by atoms with Crippen molar-refractivity contribution in [1.82, 2.24) is 15.1 Å². The molecule has 138 valence electrons. The van der Waals surface area contributed by atoms with Crippen molar-refractivity contribution >= 4 is 23.3 Å². The number of carbonyl (C=O) groups is 1. The molecule has 2 aromatic carbocycles. The van der Waals surface area contributed by atoms with E-state index in [2.05, 4.69) is 39.6 Å². The number of rotatable bonds is 5. The second-order valence-electron chi connectivity index (χ2n) is 6.71. The van der Waals surface area contributed by atoms with Crippen LogP contribution in [0.25, 0.3) is 0 Å². The van der Waals surface area contributed by atoms with Crippen molar-refractivity contribution in [2.45, 2.75) is 13.1 Å². The number of hydrogen-bond acceptors (Lipinski definition) is 3. The molecule has 0 saturated carbocycles. The number of amides is 2. The van der Waals surface area contributed by atoms with Gasteiger partial charge in [-0.2, -0.15) is 0 Å². The van der Waals surface area contributed by atoms with Crippen LogP contribution in [0.1, 0.15) is 11.1 Å². The Morgan fingerprint density at radius 3 is 2.23 bits per heavy atom. The molecule has 0 atom stereocenters. The van der Waals surface area contributed by atoms with Gasteiger partial charge in [0.05, 0.1) is 0 Å². The number of nitrogens with zero attached hydrogens (tertiary/aromatic N) is 2. The minimum atomic E-state index is -0.216. The van der Waals surface area contributed by atoms with E-state index in [1.165, 1.54) is 5.56 Å². The molecule has 1 aliphatic heterocycles. The molecular weight excluding hydrogens is 348 g/mol. The average molecular weight is 373 g/mol. The lowest BCUT2D eigenvalue weighted by molar-refractivity contribution is 0.148. The van der Waals surface area contributed by atoms with Gasteiger partial charge in [0.25, 0.3) is 0 Å². The number of nitrogens with one attached hydrogen (secondary N) is 2. The molecule has 26 heavy (non-hydrogen) atoms. The summed E-state index contributed by atoms with van der Waals surface area (Å²) < 4.78 is 0. The molecule has 6 heteroatoms. The molecule has 2 N–H and O–H groups in total. The van der Waals surface area contributed by atoms with Gasteiger partial charge in [0.15, 0.2) is 0 Å². The Morgan fingerprint density at radius 2 is 1.58 bits per heavy atom. The Labute approximate surface area is 159 Å². The Bertz CT molecular complexity index is 710. The molecular formula is C20H25ClN4O. The maximum absolute atomic E-state index is 12.0. The van der Waals surface area contributed by atoms with Crippen molar-refractivity contribution in [3.63, 3.8) is 0 Å². The Balaban J connectivity index is 1.44. The lowest BCUT2D eigenvalue weighted by Gasteiger charge is -2.32. The van der Waals surface area contributed by atoms with Gasteiger partial charge in [-0.25, -0.2) is 4.79 Å². The van der Waals surface area contributed by atoms with Crippen LogP contribution < -0.4 is 10.6 Å². The molecule has 1 aliphatic rings. The van der Waals surface area contributed by atoms with Gasteiger partial charge in [-0.3, -0.25) is 4.90 Å². The molecule has 2 aromatic rings. The summed E-state index contributed by atoms with van der Waals surface area (Å²) in [5.74, 6) is 0. The Hall–Kier alpha value is -2.08. The molecule has 0 unspecified atom stereocenters. The van der Waals surface area contributed by atoms with E-state index in [4.69, 9.17) is 11.6 Å². The van der Waals surface area contributed by atoms with E-state index in [-0.39, 0.29) is 6.03 Å². The van der Waals surface area contributed by atoms with Crippen LogP contribution in [0, 0.1) is 0 Å². The Kier molecular flexibility index (Phi) is 6.50. The molecule has 1 heterocycles.